The van der Waals surface area contributed by atoms with Gasteiger partial charge in [0.2, 0.25) is 5.91 Å². The average molecular weight is 276 g/mol. The highest BCUT2D eigenvalue weighted by atomic mass is 16.5. The summed E-state index contributed by atoms with van der Waals surface area (Å²) in [7, 11) is 1.34. The predicted molar refractivity (Wildman–Crippen MR) is 76.8 cm³/mol. The first kappa shape index (κ1) is 14.5. The van der Waals surface area contributed by atoms with E-state index in [1.54, 1.807) is 25.1 Å². The van der Waals surface area contributed by atoms with E-state index in [0.717, 1.165) is 5.56 Å². The summed E-state index contributed by atoms with van der Waals surface area (Å²) in [5.41, 5.74) is 1.86. The third-order valence-corrected chi connectivity index (χ3v) is 3.38. The minimum absolute atomic E-state index is 0.0525. The van der Waals surface area contributed by atoms with Gasteiger partial charge in [-0.3, -0.25) is 4.79 Å². The van der Waals surface area contributed by atoms with Crippen LogP contribution in [0, 0.1) is 6.92 Å². The molecular formula is C15H20N2O3. The molecule has 0 atom stereocenters. The summed E-state index contributed by atoms with van der Waals surface area (Å²) in [6.07, 6.45) is 2.85. The van der Waals surface area contributed by atoms with Crippen molar-refractivity contribution < 1.29 is 14.3 Å². The molecule has 1 saturated carbocycles. The molecule has 1 aliphatic rings. The van der Waals surface area contributed by atoms with E-state index in [0.29, 0.717) is 30.3 Å². The Morgan fingerprint density at radius 2 is 2.10 bits per heavy atom. The number of nitrogens with one attached hydrogen (secondary N) is 2. The molecule has 0 saturated heterocycles. The second-order valence-corrected chi connectivity index (χ2v) is 5.00. The van der Waals surface area contributed by atoms with Gasteiger partial charge in [0.05, 0.1) is 12.7 Å². The van der Waals surface area contributed by atoms with E-state index in [4.69, 9.17) is 4.74 Å². The summed E-state index contributed by atoms with van der Waals surface area (Å²) in [5, 5.41) is 6.13. The molecule has 2 rings (SSSR count). The lowest BCUT2D eigenvalue weighted by Crippen LogP contribution is -2.23. The Hall–Kier alpha value is -1.88. The zero-order valence-electron chi connectivity index (χ0n) is 11.9. The molecule has 20 heavy (non-hydrogen) atoms. The van der Waals surface area contributed by atoms with Crippen LogP contribution < -0.4 is 10.6 Å². The lowest BCUT2D eigenvalue weighted by molar-refractivity contribution is -0.116. The number of carbonyl (C=O) groups is 2. The molecule has 0 aliphatic heterocycles. The van der Waals surface area contributed by atoms with Crippen molar-refractivity contribution in [2.24, 2.45) is 0 Å². The van der Waals surface area contributed by atoms with Gasteiger partial charge in [0, 0.05) is 24.7 Å². The van der Waals surface area contributed by atoms with Crippen LogP contribution >= 0.6 is 0 Å². The van der Waals surface area contributed by atoms with Crippen LogP contribution in [0.15, 0.2) is 18.2 Å². The molecule has 2 N–H and O–H groups in total. The van der Waals surface area contributed by atoms with Crippen molar-refractivity contribution in [1.29, 1.82) is 0 Å². The summed E-state index contributed by atoms with van der Waals surface area (Å²) in [6.45, 7) is 2.48. The highest BCUT2D eigenvalue weighted by molar-refractivity contribution is 5.96. The van der Waals surface area contributed by atoms with Crippen LogP contribution in [0.4, 0.5) is 5.69 Å². The van der Waals surface area contributed by atoms with Crippen LogP contribution in [-0.4, -0.2) is 31.6 Å². The van der Waals surface area contributed by atoms with Crippen molar-refractivity contribution in [3.63, 3.8) is 0 Å². The second kappa shape index (κ2) is 6.52. The van der Waals surface area contributed by atoms with Crippen molar-refractivity contribution in [2.75, 3.05) is 19.0 Å². The standard InChI is InChI=1S/C15H20N2O3/c1-10-12(15(19)20-2)4-3-5-13(10)17-14(18)8-9-16-11-6-7-11/h3-5,11,16H,6-9H2,1-2H3,(H,17,18). The molecular weight excluding hydrogens is 256 g/mol. The average Bonchev–Trinajstić information content (AvgIpc) is 3.24. The molecule has 0 heterocycles. The lowest BCUT2D eigenvalue weighted by atomic mass is 10.1. The second-order valence-electron chi connectivity index (χ2n) is 5.00. The van der Waals surface area contributed by atoms with E-state index in [1.807, 2.05) is 0 Å². The van der Waals surface area contributed by atoms with Crippen LogP contribution in [-0.2, 0) is 9.53 Å². The Balaban J connectivity index is 1.93. The minimum atomic E-state index is -0.394. The predicted octanol–water partition coefficient (Wildman–Crippen LogP) is 1.86. The van der Waals surface area contributed by atoms with Gasteiger partial charge in [-0.2, -0.15) is 0 Å². The Morgan fingerprint density at radius 1 is 1.35 bits per heavy atom. The highest BCUT2D eigenvalue weighted by Gasteiger charge is 2.20. The van der Waals surface area contributed by atoms with Crippen LogP contribution in [0.5, 0.6) is 0 Å². The van der Waals surface area contributed by atoms with Gasteiger partial charge in [0.25, 0.3) is 0 Å². The van der Waals surface area contributed by atoms with Crippen molar-refractivity contribution in [1.82, 2.24) is 5.32 Å². The summed E-state index contributed by atoms with van der Waals surface area (Å²) in [6, 6.07) is 5.81. The molecule has 5 nitrogen and oxygen atoms in total. The quantitative estimate of drug-likeness (QED) is 0.778. The number of amides is 1. The van der Waals surface area contributed by atoms with Gasteiger partial charge < -0.3 is 15.4 Å². The molecule has 0 spiro atoms. The Morgan fingerprint density at radius 3 is 2.75 bits per heavy atom. The Labute approximate surface area is 118 Å². The van der Waals surface area contributed by atoms with Gasteiger partial charge in [-0.1, -0.05) is 6.07 Å². The number of hydrogen-bond donors (Lipinski definition) is 2. The first-order chi connectivity index (χ1) is 9.61. The molecule has 108 valence electrons. The van der Waals surface area contributed by atoms with Gasteiger partial charge in [-0.15, -0.1) is 0 Å². The third kappa shape index (κ3) is 3.81. The van der Waals surface area contributed by atoms with Crippen LogP contribution in [0.25, 0.3) is 0 Å². The zero-order valence-corrected chi connectivity index (χ0v) is 11.9. The number of benzene rings is 1. The van der Waals surface area contributed by atoms with Crippen molar-refractivity contribution in [3.05, 3.63) is 29.3 Å². The molecule has 1 amide bonds. The van der Waals surface area contributed by atoms with Crippen LogP contribution in [0.1, 0.15) is 35.2 Å². The SMILES string of the molecule is COC(=O)c1cccc(NC(=O)CCNC2CC2)c1C. The molecule has 1 aromatic rings. The number of methoxy groups -OCH3 is 1. The minimum Gasteiger partial charge on any atom is -0.465 e. The number of carbonyl (C=O) groups excluding carboxylic acids is 2. The number of rotatable bonds is 6. The maximum absolute atomic E-state index is 11.8. The first-order valence-corrected chi connectivity index (χ1v) is 6.83. The smallest absolute Gasteiger partial charge is 0.338 e. The fraction of sp³-hybridized carbons (Fsp3) is 0.467. The van der Waals surface area contributed by atoms with Crippen LogP contribution in [0.2, 0.25) is 0 Å². The van der Waals surface area contributed by atoms with E-state index in [2.05, 4.69) is 10.6 Å². The molecule has 0 unspecified atom stereocenters. The summed E-state index contributed by atoms with van der Waals surface area (Å²) in [5.74, 6) is -0.447. The molecule has 1 aromatic carbocycles. The molecule has 5 heteroatoms. The topological polar surface area (TPSA) is 67.4 Å². The van der Waals surface area contributed by atoms with E-state index in [-0.39, 0.29) is 5.91 Å². The number of esters is 1. The summed E-state index contributed by atoms with van der Waals surface area (Å²) in [4.78, 5) is 23.4. The first-order valence-electron chi connectivity index (χ1n) is 6.83. The largest absolute Gasteiger partial charge is 0.465 e. The number of ether oxygens (including phenoxy) is 1. The van der Waals surface area contributed by atoms with Gasteiger partial charge in [0.15, 0.2) is 0 Å². The monoisotopic (exact) mass is 276 g/mol. The summed E-state index contributed by atoms with van der Waals surface area (Å²) >= 11 is 0. The van der Waals surface area contributed by atoms with Crippen molar-refractivity contribution in [3.8, 4) is 0 Å². The highest BCUT2D eigenvalue weighted by Crippen LogP contribution is 2.20. The van der Waals surface area contributed by atoms with Gasteiger partial charge in [0.1, 0.15) is 0 Å². The number of anilines is 1. The van der Waals surface area contributed by atoms with Crippen molar-refractivity contribution in [2.45, 2.75) is 32.2 Å². The van der Waals surface area contributed by atoms with E-state index >= 15 is 0 Å². The fourth-order valence-electron chi connectivity index (χ4n) is 1.99. The summed E-state index contributed by atoms with van der Waals surface area (Å²) < 4.78 is 4.71. The maximum Gasteiger partial charge on any atom is 0.338 e. The van der Waals surface area contributed by atoms with Gasteiger partial charge in [-0.05, 0) is 37.5 Å². The van der Waals surface area contributed by atoms with E-state index in [9.17, 15) is 9.59 Å². The van der Waals surface area contributed by atoms with E-state index < -0.39 is 5.97 Å². The van der Waals surface area contributed by atoms with Crippen molar-refractivity contribution >= 4 is 17.6 Å². The van der Waals surface area contributed by atoms with E-state index in [1.165, 1.54) is 20.0 Å². The van der Waals surface area contributed by atoms with Gasteiger partial charge in [-0.25, -0.2) is 4.79 Å². The molecule has 1 aliphatic carbocycles. The Bertz CT molecular complexity index is 510. The van der Waals surface area contributed by atoms with Crippen LogP contribution in [0.3, 0.4) is 0 Å². The molecule has 0 radical (unpaired) electrons. The molecule has 1 fully saturated rings. The lowest BCUT2D eigenvalue weighted by Gasteiger charge is -2.11. The molecule has 0 bridgehead atoms. The fourth-order valence-corrected chi connectivity index (χ4v) is 1.99. The Kier molecular flexibility index (Phi) is 4.74. The van der Waals surface area contributed by atoms with Gasteiger partial charge >= 0.3 is 5.97 Å². The molecule has 0 aromatic heterocycles. The number of hydrogen-bond acceptors (Lipinski definition) is 4. The third-order valence-electron chi connectivity index (χ3n) is 3.38. The zero-order chi connectivity index (χ0) is 14.5. The normalized spacial score (nSPS) is 13.9. The maximum atomic E-state index is 11.8.